The SMILES string of the molecule is CC[C@@H](C)c1ccc(NC(=O)CSc2nnc(-c3ccccc3)n2CC)cc1. The number of carbonyl (C=O) groups is 1. The summed E-state index contributed by atoms with van der Waals surface area (Å²) in [5.41, 5.74) is 3.13. The van der Waals surface area contributed by atoms with E-state index in [1.807, 2.05) is 47.0 Å². The second kappa shape index (κ2) is 9.55. The van der Waals surface area contributed by atoms with Gasteiger partial charge in [0.2, 0.25) is 5.91 Å². The highest BCUT2D eigenvalue weighted by molar-refractivity contribution is 7.99. The minimum absolute atomic E-state index is 0.0480. The summed E-state index contributed by atoms with van der Waals surface area (Å²) in [5.74, 6) is 1.60. The highest BCUT2D eigenvalue weighted by Gasteiger charge is 2.14. The van der Waals surface area contributed by atoms with E-state index in [0.717, 1.165) is 35.2 Å². The zero-order valence-corrected chi connectivity index (χ0v) is 17.4. The summed E-state index contributed by atoms with van der Waals surface area (Å²) in [4.78, 5) is 12.3. The van der Waals surface area contributed by atoms with Gasteiger partial charge in [-0.15, -0.1) is 10.2 Å². The van der Waals surface area contributed by atoms with Gasteiger partial charge < -0.3 is 9.88 Å². The number of amides is 1. The molecule has 1 amide bonds. The molecule has 2 aromatic carbocycles. The first-order valence-corrected chi connectivity index (χ1v) is 10.6. The van der Waals surface area contributed by atoms with Crippen molar-refractivity contribution in [1.29, 1.82) is 0 Å². The van der Waals surface area contributed by atoms with Crippen LogP contribution < -0.4 is 5.32 Å². The number of rotatable bonds is 8. The molecule has 0 spiro atoms. The van der Waals surface area contributed by atoms with E-state index in [0.29, 0.717) is 11.7 Å². The lowest BCUT2D eigenvalue weighted by Crippen LogP contribution is -2.14. The Labute approximate surface area is 170 Å². The summed E-state index contributed by atoms with van der Waals surface area (Å²) in [6, 6.07) is 18.1. The molecule has 3 aromatic rings. The Morgan fingerprint density at radius 2 is 1.79 bits per heavy atom. The van der Waals surface area contributed by atoms with E-state index in [9.17, 15) is 4.79 Å². The first-order chi connectivity index (χ1) is 13.6. The van der Waals surface area contributed by atoms with Crippen LogP contribution in [0.15, 0.2) is 59.8 Å². The number of carbonyl (C=O) groups excluding carboxylic acids is 1. The monoisotopic (exact) mass is 394 g/mol. The maximum Gasteiger partial charge on any atom is 0.234 e. The van der Waals surface area contributed by atoms with Crippen LogP contribution in [0.3, 0.4) is 0 Å². The van der Waals surface area contributed by atoms with E-state index in [1.165, 1.54) is 17.3 Å². The summed E-state index contributed by atoms with van der Waals surface area (Å²) in [6.07, 6.45) is 1.10. The lowest BCUT2D eigenvalue weighted by molar-refractivity contribution is -0.113. The highest BCUT2D eigenvalue weighted by Crippen LogP contribution is 2.24. The highest BCUT2D eigenvalue weighted by atomic mass is 32.2. The third-order valence-electron chi connectivity index (χ3n) is 4.77. The molecule has 0 aliphatic carbocycles. The Kier molecular flexibility index (Phi) is 6.87. The van der Waals surface area contributed by atoms with Gasteiger partial charge in [0.05, 0.1) is 5.75 Å². The van der Waals surface area contributed by atoms with Gasteiger partial charge in [-0.05, 0) is 37.0 Å². The molecule has 1 atom stereocenters. The largest absolute Gasteiger partial charge is 0.325 e. The smallest absolute Gasteiger partial charge is 0.234 e. The predicted molar refractivity (Wildman–Crippen MR) is 116 cm³/mol. The summed E-state index contributed by atoms with van der Waals surface area (Å²) >= 11 is 1.40. The van der Waals surface area contributed by atoms with Gasteiger partial charge in [0.25, 0.3) is 0 Å². The molecule has 5 nitrogen and oxygen atoms in total. The number of hydrogen-bond acceptors (Lipinski definition) is 4. The van der Waals surface area contributed by atoms with Crippen molar-refractivity contribution in [1.82, 2.24) is 14.8 Å². The van der Waals surface area contributed by atoms with Crippen molar-refractivity contribution in [2.45, 2.75) is 44.8 Å². The maximum absolute atomic E-state index is 12.3. The maximum atomic E-state index is 12.3. The number of nitrogens with zero attached hydrogens (tertiary/aromatic N) is 3. The van der Waals surface area contributed by atoms with Crippen LogP contribution in [-0.4, -0.2) is 26.4 Å². The van der Waals surface area contributed by atoms with Crippen molar-refractivity contribution in [3.8, 4) is 11.4 Å². The number of anilines is 1. The zero-order chi connectivity index (χ0) is 19.9. The van der Waals surface area contributed by atoms with E-state index in [1.54, 1.807) is 0 Å². The molecule has 1 heterocycles. The first kappa shape index (κ1) is 20.1. The van der Waals surface area contributed by atoms with Crippen LogP contribution in [0, 0.1) is 0 Å². The summed E-state index contributed by atoms with van der Waals surface area (Å²) in [7, 11) is 0. The quantitative estimate of drug-likeness (QED) is 0.533. The van der Waals surface area contributed by atoms with Gasteiger partial charge in [0.15, 0.2) is 11.0 Å². The second-order valence-electron chi connectivity index (χ2n) is 6.68. The molecule has 0 aliphatic rings. The van der Waals surface area contributed by atoms with Crippen molar-refractivity contribution in [3.63, 3.8) is 0 Å². The van der Waals surface area contributed by atoms with Crippen LogP contribution >= 0.6 is 11.8 Å². The van der Waals surface area contributed by atoms with Crippen LogP contribution in [0.5, 0.6) is 0 Å². The fraction of sp³-hybridized carbons (Fsp3) is 0.318. The van der Waals surface area contributed by atoms with Crippen molar-refractivity contribution in [2.24, 2.45) is 0 Å². The Hall–Kier alpha value is -2.60. The van der Waals surface area contributed by atoms with Crippen molar-refractivity contribution < 1.29 is 4.79 Å². The lowest BCUT2D eigenvalue weighted by atomic mass is 9.99. The van der Waals surface area contributed by atoms with Crippen LogP contribution in [0.25, 0.3) is 11.4 Å². The van der Waals surface area contributed by atoms with E-state index in [2.05, 4.69) is 48.4 Å². The standard InChI is InChI=1S/C22H26N4OS/c1-4-16(3)17-11-13-19(14-12-17)23-20(27)15-28-22-25-24-21(26(22)5-2)18-9-7-6-8-10-18/h6-14,16H,4-5,15H2,1-3H3,(H,23,27)/t16-/m1/s1. The Morgan fingerprint density at radius 1 is 1.07 bits per heavy atom. The predicted octanol–water partition coefficient (Wildman–Crippen LogP) is 5.21. The zero-order valence-electron chi connectivity index (χ0n) is 16.6. The Balaban J connectivity index is 1.61. The van der Waals surface area contributed by atoms with Gasteiger partial charge in [0, 0.05) is 17.8 Å². The fourth-order valence-corrected chi connectivity index (χ4v) is 3.74. The molecule has 0 unspecified atom stereocenters. The Morgan fingerprint density at radius 3 is 2.43 bits per heavy atom. The Bertz CT molecular complexity index is 906. The van der Waals surface area contributed by atoms with E-state index in [4.69, 9.17) is 0 Å². The fourth-order valence-electron chi connectivity index (χ4n) is 2.94. The van der Waals surface area contributed by atoms with Gasteiger partial charge in [0.1, 0.15) is 0 Å². The van der Waals surface area contributed by atoms with Crippen molar-refractivity contribution >= 4 is 23.4 Å². The molecule has 0 bridgehead atoms. The van der Waals surface area contributed by atoms with Crippen LogP contribution in [-0.2, 0) is 11.3 Å². The van der Waals surface area contributed by atoms with E-state index >= 15 is 0 Å². The molecular weight excluding hydrogens is 368 g/mol. The third-order valence-corrected chi connectivity index (χ3v) is 5.74. The first-order valence-electron chi connectivity index (χ1n) is 9.63. The minimum atomic E-state index is -0.0480. The van der Waals surface area contributed by atoms with Gasteiger partial charge >= 0.3 is 0 Å². The molecule has 0 fully saturated rings. The van der Waals surface area contributed by atoms with Crippen molar-refractivity contribution in [3.05, 3.63) is 60.2 Å². The molecule has 0 aliphatic heterocycles. The molecule has 0 saturated heterocycles. The summed E-state index contributed by atoms with van der Waals surface area (Å²) in [5, 5.41) is 12.3. The molecule has 146 valence electrons. The number of hydrogen-bond donors (Lipinski definition) is 1. The normalized spacial score (nSPS) is 12.0. The molecular formula is C22H26N4OS. The average molecular weight is 395 g/mol. The molecule has 28 heavy (non-hydrogen) atoms. The van der Waals surface area contributed by atoms with Crippen molar-refractivity contribution in [2.75, 3.05) is 11.1 Å². The topological polar surface area (TPSA) is 59.8 Å². The minimum Gasteiger partial charge on any atom is -0.325 e. The number of nitrogens with one attached hydrogen (secondary N) is 1. The molecule has 3 rings (SSSR count). The van der Waals surface area contributed by atoms with Crippen LogP contribution in [0.2, 0.25) is 0 Å². The van der Waals surface area contributed by atoms with Crippen LogP contribution in [0.1, 0.15) is 38.7 Å². The number of aromatic nitrogens is 3. The van der Waals surface area contributed by atoms with Gasteiger partial charge in [-0.25, -0.2) is 0 Å². The molecule has 6 heteroatoms. The third kappa shape index (κ3) is 4.81. The summed E-state index contributed by atoms with van der Waals surface area (Å²) < 4.78 is 2.04. The molecule has 1 N–H and O–H groups in total. The number of benzene rings is 2. The van der Waals surface area contributed by atoms with E-state index < -0.39 is 0 Å². The molecule has 0 radical (unpaired) electrons. The van der Waals surface area contributed by atoms with Gasteiger partial charge in [-0.3, -0.25) is 4.79 Å². The van der Waals surface area contributed by atoms with Crippen LogP contribution in [0.4, 0.5) is 5.69 Å². The average Bonchev–Trinajstić information content (AvgIpc) is 3.16. The second-order valence-corrected chi connectivity index (χ2v) is 7.63. The molecule has 0 saturated carbocycles. The van der Waals surface area contributed by atoms with E-state index in [-0.39, 0.29) is 5.91 Å². The number of thioether (sulfide) groups is 1. The summed E-state index contributed by atoms with van der Waals surface area (Å²) in [6.45, 7) is 7.19. The lowest BCUT2D eigenvalue weighted by Gasteiger charge is -2.10. The molecule has 1 aromatic heterocycles. The van der Waals surface area contributed by atoms with Gasteiger partial charge in [-0.2, -0.15) is 0 Å². The van der Waals surface area contributed by atoms with Gasteiger partial charge in [-0.1, -0.05) is 68.1 Å².